The number of fused-ring (bicyclic) bond motifs is 1. The number of aromatic nitrogens is 1. The highest BCUT2D eigenvalue weighted by Crippen LogP contribution is 2.48. The number of anilines is 1. The molecule has 1 saturated heterocycles. The lowest BCUT2D eigenvalue weighted by atomic mass is 9.94. The Balaban J connectivity index is 1.76. The number of rotatable bonds is 7. The number of benzene rings is 3. The molecule has 0 spiro atoms. The summed E-state index contributed by atoms with van der Waals surface area (Å²) in [5.41, 5.74) is 1.35. The van der Waals surface area contributed by atoms with Crippen molar-refractivity contribution >= 4 is 44.1 Å². The minimum absolute atomic E-state index is 0.0939. The smallest absolute Gasteiger partial charge is 0.301 e. The first kappa shape index (κ1) is 25.1. The summed E-state index contributed by atoms with van der Waals surface area (Å²) in [5, 5.41) is 11.7. The maximum absolute atomic E-state index is 13.6. The monoisotopic (exact) mass is 532 g/mol. The molecule has 0 radical (unpaired) electrons. The van der Waals surface area contributed by atoms with Gasteiger partial charge in [0.05, 0.1) is 44.2 Å². The lowest BCUT2D eigenvalue weighted by Gasteiger charge is -2.25. The summed E-state index contributed by atoms with van der Waals surface area (Å²) in [5.74, 6) is -0.0280. The third kappa shape index (κ3) is 4.08. The number of carbonyl (C=O) groups excluding carboxylic acids is 2. The van der Waals surface area contributed by atoms with Crippen LogP contribution in [-0.4, -0.2) is 50.2 Å². The second-order valence-corrected chi connectivity index (χ2v) is 9.32. The van der Waals surface area contributed by atoms with Crippen molar-refractivity contribution < 1.29 is 33.6 Å². The van der Waals surface area contributed by atoms with E-state index < -0.39 is 17.7 Å². The van der Waals surface area contributed by atoms with Crippen LogP contribution in [0.2, 0.25) is 0 Å². The predicted octanol–water partition coefficient (Wildman–Crippen LogP) is 4.96. The second kappa shape index (κ2) is 10.1. The van der Waals surface area contributed by atoms with Gasteiger partial charge in [-0.05, 0) is 48.5 Å². The summed E-state index contributed by atoms with van der Waals surface area (Å²) in [6.07, 6.45) is 0. The second-order valence-electron chi connectivity index (χ2n) is 8.31. The zero-order valence-electron chi connectivity index (χ0n) is 21.1. The van der Waals surface area contributed by atoms with Gasteiger partial charge >= 0.3 is 5.91 Å². The van der Waals surface area contributed by atoms with Crippen molar-refractivity contribution in [1.29, 1.82) is 0 Å². The van der Waals surface area contributed by atoms with E-state index in [9.17, 15) is 14.7 Å². The van der Waals surface area contributed by atoms with E-state index in [0.717, 1.165) is 4.70 Å². The van der Waals surface area contributed by atoms with Crippen LogP contribution in [0, 0.1) is 0 Å². The standard InChI is InChI=1S/C28H24N2O7S/c1-34-16-10-8-15(9-11-16)24(31)22-23(18-6-5-7-20(36-3)26(18)37-4)30(27(33)25(22)32)28-29-19-13-12-17(35-2)14-21(19)38-28/h5-14,23,31H,1-4H3/t23-/m1/s1. The summed E-state index contributed by atoms with van der Waals surface area (Å²) in [7, 11) is 6.07. The Bertz CT molecular complexity index is 1580. The molecule has 1 fully saturated rings. The van der Waals surface area contributed by atoms with Crippen LogP contribution in [0.5, 0.6) is 23.0 Å². The Labute approximate surface area is 222 Å². The van der Waals surface area contributed by atoms with Crippen LogP contribution in [-0.2, 0) is 9.59 Å². The van der Waals surface area contributed by atoms with Crippen molar-refractivity contribution in [3.05, 3.63) is 77.4 Å². The number of hydrogen-bond donors (Lipinski definition) is 1. The third-order valence-electron chi connectivity index (χ3n) is 6.33. The Hall–Kier alpha value is -4.57. The topological polar surface area (TPSA) is 107 Å². The number of methoxy groups -OCH3 is 4. The van der Waals surface area contributed by atoms with Crippen molar-refractivity contribution in [1.82, 2.24) is 4.98 Å². The maximum atomic E-state index is 13.6. The zero-order valence-corrected chi connectivity index (χ0v) is 21.9. The van der Waals surface area contributed by atoms with Gasteiger partial charge in [0.2, 0.25) is 0 Å². The van der Waals surface area contributed by atoms with Crippen molar-refractivity contribution in [2.75, 3.05) is 33.3 Å². The number of thiazole rings is 1. The number of hydrogen-bond acceptors (Lipinski definition) is 9. The highest BCUT2D eigenvalue weighted by atomic mass is 32.1. The van der Waals surface area contributed by atoms with E-state index in [-0.39, 0.29) is 11.3 Å². The molecule has 38 heavy (non-hydrogen) atoms. The number of nitrogens with zero attached hydrogens (tertiary/aromatic N) is 2. The van der Waals surface area contributed by atoms with Crippen molar-refractivity contribution in [3.63, 3.8) is 0 Å². The Morgan fingerprint density at radius 1 is 0.895 bits per heavy atom. The summed E-state index contributed by atoms with van der Waals surface area (Å²) in [6.45, 7) is 0. The summed E-state index contributed by atoms with van der Waals surface area (Å²) in [6, 6.07) is 16.0. The molecular weight excluding hydrogens is 508 g/mol. The number of aliphatic hydroxyl groups is 1. The van der Waals surface area contributed by atoms with E-state index in [1.807, 2.05) is 6.07 Å². The van der Waals surface area contributed by atoms with Gasteiger partial charge in [-0.2, -0.15) is 0 Å². The molecular formula is C28H24N2O7S. The van der Waals surface area contributed by atoms with E-state index in [0.29, 0.717) is 44.8 Å². The summed E-state index contributed by atoms with van der Waals surface area (Å²) in [4.78, 5) is 33.0. The molecule has 0 aliphatic carbocycles. The van der Waals surface area contributed by atoms with Gasteiger partial charge < -0.3 is 24.1 Å². The van der Waals surface area contributed by atoms with Gasteiger partial charge in [0.25, 0.3) is 5.78 Å². The van der Waals surface area contributed by atoms with E-state index >= 15 is 0 Å². The van der Waals surface area contributed by atoms with E-state index in [2.05, 4.69) is 4.98 Å². The largest absolute Gasteiger partial charge is 0.507 e. The van der Waals surface area contributed by atoms with Crippen LogP contribution >= 0.6 is 11.3 Å². The van der Waals surface area contributed by atoms with E-state index in [1.165, 1.54) is 37.6 Å². The number of amides is 1. The lowest BCUT2D eigenvalue weighted by Crippen LogP contribution is -2.29. The normalized spacial score (nSPS) is 16.6. The van der Waals surface area contributed by atoms with Gasteiger partial charge in [-0.25, -0.2) is 4.98 Å². The minimum Gasteiger partial charge on any atom is -0.507 e. The zero-order chi connectivity index (χ0) is 27.0. The number of Topliss-reactive ketones (excluding diaryl/α,β-unsaturated/α-hetero) is 1. The Morgan fingerprint density at radius 2 is 1.61 bits per heavy atom. The minimum atomic E-state index is -1.04. The van der Waals surface area contributed by atoms with Gasteiger partial charge in [-0.3, -0.25) is 14.5 Å². The van der Waals surface area contributed by atoms with Crippen LogP contribution in [0.15, 0.2) is 66.2 Å². The first-order chi connectivity index (χ1) is 18.4. The van der Waals surface area contributed by atoms with Crippen LogP contribution in [0.3, 0.4) is 0 Å². The maximum Gasteiger partial charge on any atom is 0.301 e. The van der Waals surface area contributed by atoms with Gasteiger partial charge in [-0.1, -0.05) is 23.5 Å². The number of ether oxygens (including phenoxy) is 4. The van der Waals surface area contributed by atoms with Crippen LogP contribution in [0.25, 0.3) is 16.0 Å². The molecule has 5 rings (SSSR count). The molecule has 1 amide bonds. The fourth-order valence-electron chi connectivity index (χ4n) is 4.48. The summed E-state index contributed by atoms with van der Waals surface area (Å²) >= 11 is 1.24. The highest BCUT2D eigenvalue weighted by molar-refractivity contribution is 7.22. The van der Waals surface area contributed by atoms with Gasteiger partial charge in [0.15, 0.2) is 16.6 Å². The number of para-hydroxylation sites is 1. The molecule has 1 N–H and O–H groups in total. The first-order valence-corrected chi connectivity index (χ1v) is 12.3. The number of aliphatic hydroxyl groups excluding tert-OH is 1. The molecule has 0 saturated carbocycles. The molecule has 1 aliphatic heterocycles. The van der Waals surface area contributed by atoms with Crippen molar-refractivity contribution in [2.24, 2.45) is 0 Å². The molecule has 2 heterocycles. The number of ketones is 1. The molecule has 0 bridgehead atoms. The van der Waals surface area contributed by atoms with Gasteiger partial charge in [-0.15, -0.1) is 0 Å². The predicted molar refractivity (Wildman–Crippen MR) is 143 cm³/mol. The van der Waals surface area contributed by atoms with Crippen molar-refractivity contribution in [2.45, 2.75) is 6.04 Å². The van der Waals surface area contributed by atoms with Crippen LogP contribution in [0.4, 0.5) is 5.13 Å². The van der Waals surface area contributed by atoms with E-state index in [4.69, 9.17) is 18.9 Å². The highest BCUT2D eigenvalue weighted by Gasteiger charge is 2.49. The molecule has 194 valence electrons. The van der Waals surface area contributed by atoms with Gasteiger partial charge in [0, 0.05) is 11.1 Å². The molecule has 9 nitrogen and oxygen atoms in total. The Morgan fingerprint density at radius 3 is 2.26 bits per heavy atom. The van der Waals surface area contributed by atoms with E-state index in [1.54, 1.807) is 61.7 Å². The fourth-order valence-corrected chi connectivity index (χ4v) is 5.50. The molecule has 4 aromatic rings. The van der Waals surface area contributed by atoms with Gasteiger partial charge in [0.1, 0.15) is 23.3 Å². The quantitative estimate of drug-likeness (QED) is 0.202. The van der Waals surface area contributed by atoms with Crippen molar-refractivity contribution in [3.8, 4) is 23.0 Å². The molecule has 0 unspecified atom stereocenters. The first-order valence-electron chi connectivity index (χ1n) is 11.5. The summed E-state index contributed by atoms with van der Waals surface area (Å²) < 4.78 is 22.4. The molecule has 1 aromatic heterocycles. The lowest BCUT2D eigenvalue weighted by molar-refractivity contribution is -0.132. The average molecular weight is 533 g/mol. The SMILES string of the molecule is COc1ccc(C(O)=C2C(=O)C(=O)N(c3nc4ccc(OC)cc4s3)[C@@H]2c2cccc(OC)c2OC)cc1. The fraction of sp³-hybridized carbons (Fsp3) is 0.179. The Kier molecular flexibility index (Phi) is 6.64. The third-order valence-corrected chi connectivity index (χ3v) is 7.34. The molecule has 3 aromatic carbocycles. The molecule has 1 aliphatic rings. The average Bonchev–Trinajstić information content (AvgIpc) is 3.49. The number of carbonyl (C=O) groups is 2. The van der Waals surface area contributed by atoms with Crippen LogP contribution in [0.1, 0.15) is 17.2 Å². The molecule has 10 heteroatoms. The molecule has 1 atom stereocenters. The van der Waals surface area contributed by atoms with Crippen LogP contribution < -0.4 is 23.8 Å².